The average Bonchev–Trinajstić information content (AvgIpc) is 2.95. The summed E-state index contributed by atoms with van der Waals surface area (Å²) in [4.78, 5) is 30.1. The Labute approximate surface area is 173 Å². The van der Waals surface area contributed by atoms with Gasteiger partial charge in [-0.2, -0.15) is 0 Å². The predicted octanol–water partition coefficient (Wildman–Crippen LogP) is 2.51. The maximum atomic E-state index is 13.4. The van der Waals surface area contributed by atoms with Crippen molar-refractivity contribution < 1.29 is 19.4 Å². The Kier molecular flexibility index (Phi) is 7.09. The number of likely N-dealkylation sites (tertiary alicyclic amines) is 1. The average molecular weight is 401 g/mol. The Hall–Kier alpha value is -2.18. The molecule has 0 aliphatic carbocycles. The minimum atomic E-state index is -0.223. The second-order valence-corrected chi connectivity index (χ2v) is 7.99. The van der Waals surface area contributed by atoms with E-state index in [0.29, 0.717) is 44.0 Å². The highest BCUT2D eigenvalue weighted by molar-refractivity contribution is 6.35. The number of imide groups is 1. The molecule has 2 aliphatic rings. The van der Waals surface area contributed by atoms with Crippen LogP contribution >= 0.6 is 0 Å². The summed E-state index contributed by atoms with van der Waals surface area (Å²) in [5.41, 5.74) is 3.93. The summed E-state index contributed by atoms with van der Waals surface area (Å²) in [6.45, 7) is 8.86. The lowest BCUT2D eigenvalue weighted by atomic mass is 9.95. The molecule has 2 heterocycles. The van der Waals surface area contributed by atoms with Crippen molar-refractivity contribution in [1.29, 1.82) is 0 Å². The Morgan fingerprint density at radius 3 is 2.69 bits per heavy atom. The van der Waals surface area contributed by atoms with Crippen LogP contribution in [0.4, 0.5) is 0 Å². The van der Waals surface area contributed by atoms with Crippen LogP contribution in [0.3, 0.4) is 0 Å². The largest absolute Gasteiger partial charge is 0.396 e. The van der Waals surface area contributed by atoms with Crippen molar-refractivity contribution in [3.63, 3.8) is 0 Å². The molecule has 0 saturated carbocycles. The number of nitrogens with zero attached hydrogens (tertiary/aromatic N) is 2. The summed E-state index contributed by atoms with van der Waals surface area (Å²) in [6.07, 6.45) is 2.47. The zero-order valence-corrected chi connectivity index (χ0v) is 17.7. The van der Waals surface area contributed by atoms with E-state index in [4.69, 9.17) is 4.74 Å². The number of hydrogen-bond acceptors (Lipinski definition) is 5. The van der Waals surface area contributed by atoms with Crippen molar-refractivity contribution in [1.82, 2.24) is 9.80 Å². The van der Waals surface area contributed by atoms with Crippen LogP contribution < -0.4 is 0 Å². The topological polar surface area (TPSA) is 70.1 Å². The molecule has 1 atom stereocenters. The van der Waals surface area contributed by atoms with E-state index in [9.17, 15) is 14.7 Å². The number of aryl methyl sites for hydroxylation is 2. The number of carbonyl (C=O) groups is 2. The maximum absolute atomic E-state index is 13.4. The highest BCUT2D eigenvalue weighted by atomic mass is 16.5. The van der Waals surface area contributed by atoms with Crippen LogP contribution in [0.2, 0.25) is 0 Å². The normalized spacial score (nSPS) is 20.2. The zero-order chi connectivity index (χ0) is 21.0. The molecule has 0 radical (unpaired) electrons. The Balaban J connectivity index is 1.97. The zero-order valence-electron chi connectivity index (χ0n) is 17.7. The van der Waals surface area contributed by atoms with Gasteiger partial charge < -0.3 is 14.7 Å². The first-order chi connectivity index (χ1) is 14.0. The fourth-order valence-corrected chi connectivity index (χ4v) is 4.28. The minimum absolute atomic E-state index is 0.100. The van der Waals surface area contributed by atoms with E-state index in [-0.39, 0.29) is 24.3 Å². The number of aliphatic hydroxyl groups excluding tert-OH is 1. The molecule has 2 amide bonds. The number of aliphatic hydroxyl groups is 1. The van der Waals surface area contributed by atoms with Gasteiger partial charge in [-0.25, -0.2) is 0 Å². The van der Waals surface area contributed by atoms with Crippen LogP contribution in [0.1, 0.15) is 42.9 Å². The van der Waals surface area contributed by atoms with Crippen molar-refractivity contribution >= 4 is 17.4 Å². The van der Waals surface area contributed by atoms with Gasteiger partial charge in [-0.1, -0.05) is 23.8 Å². The number of rotatable bonds is 8. The first-order valence-electron chi connectivity index (χ1n) is 10.6. The molecule has 1 N–H and O–H groups in total. The summed E-state index contributed by atoms with van der Waals surface area (Å²) in [5, 5.41) is 9.63. The van der Waals surface area contributed by atoms with Gasteiger partial charge in [0.05, 0.1) is 5.57 Å². The quantitative estimate of drug-likeness (QED) is 0.536. The third-order valence-electron chi connectivity index (χ3n) is 5.76. The van der Waals surface area contributed by atoms with Gasteiger partial charge >= 0.3 is 0 Å². The van der Waals surface area contributed by atoms with Gasteiger partial charge in [-0.05, 0) is 57.1 Å². The van der Waals surface area contributed by atoms with Crippen LogP contribution in [0.25, 0.3) is 5.57 Å². The smallest absolute Gasteiger partial charge is 0.277 e. The Bertz CT molecular complexity index is 802. The lowest BCUT2D eigenvalue weighted by Gasteiger charge is -2.34. The predicted molar refractivity (Wildman–Crippen MR) is 112 cm³/mol. The minimum Gasteiger partial charge on any atom is -0.396 e. The van der Waals surface area contributed by atoms with E-state index in [2.05, 4.69) is 0 Å². The number of hydrogen-bond donors (Lipinski definition) is 1. The summed E-state index contributed by atoms with van der Waals surface area (Å²) >= 11 is 0. The van der Waals surface area contributed by atoms with E-state index in [0.717, 1.165) is 36.1 Å². The molecule has 29 heavy (non-hydrogen) atoms. The van der Waals surface area contributed by atoms with E-state index in [1.54, 1.807) is 0 Å². The molecule has 2 aliphatic heterocycles. The number of carbonyl (C=O) groups excluding carboxylic acids is 2. The third kappa shape index (κ3) is 4.54. The molecule has 0 spiro atoms. The van der Waals surface area contributed by atoms with Crippen LogP contribution in [0.5, 0.6) is 0 Å². The monoisotopic (exact) mass is 400 g/mol. The molecule has 0 bridgehead atoms. The molecule has 158 valence electrons. The third-order valence-corrected chi connectivity index (χ3v) is 5.76. The first kappa shape index (κ1) is 21.5. The molecular weight excluding hydrogens is 368 g/mol. The molecule has 1 aromatic rings. The molecule has 1 fully saturated rings. The molecule has 6 nitrogen and oxygen atoms in total. The standard InChI is InChI=1S/C23H32N2O4/c1-4-29-12-6-11-25-22(27)20(19-9-8-16(2)13-17(19)3)21(23(25)28)24-10-5-7-18(14-24)15-26/h8-9,13,18,26H,4-7,10-12,14-15H2,1-3H3. The fraction of sp³-hybridized carbons (Fsp3) is 0.565. The Morgan fingerprint density at radius 2 is 2.00 bits per heavy atom. The van der Waals surface area contributed by atoms with Crippen LogP contribution in [-0.4, -0.2) is 66.2 Å². The molecule has 6 heteroatoms. The van der Waals surface area contributed by atoms with Gasteiger partial charge in [-0.3, -0.25) is 14.5 Å². The van der Waals surface area contributed by atoms with E-state index in [1.807, 2.05) is 43.9 Å². The lowest BCUT2D eigenvalue weighted by Crippen LogP contribution is -2.40. The maximum Gasteiger partial charge on any atom is 0.277 e. The number of benzene rings is 1. The van der Waals surface area contributed by atoms with Crippen molar-refractivity contribution in [2.45, 2.75) is 40.0 Å². The van der Waals surface area contributed by atoms with Gasteiger partial charge in [-0.15, -0.1) is 0 Å². The summed E-state index contributed by atoms with van der Waals surface area (Å²) in [5.74, 6) is -0.314. The number of amides is 2. The number of ether oxygens (including phenoxy) is 1. The van der Waals surface area contributed by atoms with E-state index < -0.39 is 0 Å². The van der Waals surface area contributed by atoms with E-state index in [1.165, 1.54) is 4.90 Å². The molecule has 1 aromatic carbocycles. The van der Waals surface area contributed by atoms with Gasteiger partial charge in [0.25, 0.3) is 11.8 Å². The Morgan fingerprint density at radius 1 is 1.21 bits per heavy atom. The van der Waals surface area contributed by atoms with Gasteiger partial charge in [0.2, 0.25) is 0 Å². The van der Waals surface area contributed by atoms with Crippen molar-refractivity contribution in [3.05, 3.63) is 40.6 Å². The second kappa shape index (κ2) is 9.55. The fourth-order valence-electron chi connectivity index (χ4n) is 4.28. The number of piperidine rings is 1. The lowest BCUT2D eigenvalue weighted by molar-refractivity contribution is -0.137. The van der Waals surface area contributed by atoms with Gasteiger partial charge in [0.15, 0.2) is 0 Å². The SMILES string of the molecule is CCOCCCN1C(=O)C(c2ccc(C)cc2C)=C(N2CCCC(CO)C2)C1=O. The van der Waals surface area contributed by atoms with Gasteiger partial charge in [0, 0.05) is 39.5 Å². The van der Waals surface area contributed by atoms with Gasteiger partial charge in [0.1, 0.15) is 5.70 Å². The molecular formula is C23H32N2O4. The van der Waals surface area contributed by atoms with Crippen LogP contribution in [0, 0.1) is 19.8 Å². The highest BCUT2D eigenvalue weighted by Crippen LogP contribution is 2.35. The highest BCUT2D eigenvalue weighted by Gasteiger charge is 2.42. The van der Waals surface area contributed by atoms with Crippen LogP contribution in [-0.2, 0) is 14.3 Å². The van der Waals surface area contributed by atoms with Crippen LogP contribution in [0.15, 0.2) is 23.9 Å². The first-order valence-corrected chi connectivity index (χ1v) is 10.6. The second-order valence-electron chi connectivity index (χ2n) is 7.99. The molecule has 1 saturated heterocycles. The molecule has 3 rings (SSSR count). The molecule has 0 aromatic heterocycles. The van der Waals surface area contributed by atoms with Crippen molar-refractivity contribution in [2.24, 2.45) is 5.92 Å². The van der Waals surface area contributed by atoms with Crippen molar-refractivity contribution in [2.75, 3.05) is 39.5 Å². The summed E-state index contributed by atoms with van der Waals surface area (Å²) in [6, 6.07) is 5.97. The van der Waals surface area contributed by atoms with E-state index >= 15 is 0 Å². The molecule has 1 unspecified atom stereocenters. The summed E-state index contributed by atoms with van der Waals surface area (Å²) < 4.78 is 5.38. The summed E-state index contributed by atoms with van der Waals surface area (Å²) in [7, 11) is 0. The van der Waals surface area contributed by atoms with Crippen molar-refractivity contribution in [3.8, 4) is 0 Å².